The average Bonchev–Trinajstić information content (AvgIpc) is 2.43. The Bertz CT molecular complexity index is 465. The van der Waals surface area contributed by atoms with Gasteiger partial charge in [-0.05, 0) is 12.5 Å². The quantitative estimate of drug-likeness (QED) is 0.486. The van der Waals surface area contributed by atoms with Crippen LogP contribution in [-0.4, -0.2) is 30.8 Å². The maximum atomic E-state index is 12.3. The van der Waals surface area contributed by atoms with E-state index in [1.807, 2.05) is 24.0 Å². The summed E-state index contributed by atoms with van der Waals surface area (Å²) in [7, 11) is -4.78. The van der Waals surface area contributed by atoms with Crippen LogP contribution in [0, 0.1) is 5.92 Å². The summed E-state index contributed by atoms with van der Waals surface area (Å²) in [5.41, 5.74) is -0.0194. The Labute approximate surface area is 89.4 Å². The first kappa shape index (κ1) is 10.1. The van der Waals surface area contributed by atoms with Gasteiger partial charge in [0, 0.05) is 12.6 Å². The Morgan fingerprint density at radius 2 is 1.87 bits per heavy atom. The molecule has 0 unspecified atom stereocenters. The van der Waals surface area contributed by atoms with E-state index in [9.17, 15) is 9.13 Å². The van der Waals surface area contributed by atoms with Crippen LogP contribution >= 0.6 is 14.5 Å². The number of rotatable bonds is 0. The van der Waals surface area contributed by atoms with Crippen molar-refractivity contribution in [2.75, 3.05) is 13.3 Å². The fourth-order valence-electron chi connectivity index (χ4n) is 3.00. The van der Waals surface area contributed by atoms with E-state index in [0.29, 0.717) is 0 Å². The summed E-state index contributed by atoms with van der Waals surface area (Å²) < 4.78 is 30.1. The molecule has 0 radical (unpaired) electrons. The zero-order valence-corrected chi connectivity index (χ0v) is 10.5. The van der Waals surface area contributed by atoms with Gasteiger partial charge in [0.15, 0.2) is 0 Å². The number of fused-ring (bicyclic) bond motifs is 1. The summed E-state index contributed by atoms with van der Waals surface area (Å²) in [6.07, 6.45) is 5.72. The smallest absolute Gasteiger partial charge is 0.208 e. The van der Waals surface area contributed by atoms with Crippen molar-refractivity contribution in [3.8, 4) is 0 Å². The van der Waals surface area contributed by atoms with E-state index in [2.05, 4.69) is 0 Å². The van der Waals surface area contributed by atoms with Crippen molar-refractivity contribution in [1.29, 1.82) is 0 Å². The van der Waals surface area contributed by atoms with Crippen LogP contribution in [0.4, 0.5) is 0 Å². The predicted molar refractivity (Wildman–Crippen MR) is 61.3 cm³/mol. The highest BCUT2D eigenvalue weighted by Gasteiger charge is 2.56. The Morgan fingerprint density at radius 1 is 1.13 bits per heavy atom. The normalized spacial score (nSPS) is 60.9. The van der Waals surface area contributed by atoms with Gasteiger partial charge in [0.25, 0.3) is 0 Å². The van der Waals surface area contributed by atoms with E-state index in [1.54, 1.807) is 13.3 Å². The molecule has 0 N–H and O–H groups in total. The van der Waals surface area contributed by atoms with Crippen LogP contribution < -0.4 is 0 Å². The summed E-state index contributed by atoms with van der Waals surface area (Å²) in [6, 6.07) is 0. The molecule has 0 saturated carbocycles. The third kappa shape index (κ3) is 1.24. The minimum Gasteiger partial charge on any atom is -0.320 e. The Hall–Kier alpha value is -0.100. The van der Waals surface area contributed by atoms with Crippen molar-refractivity contribution in [2.24, 2.45) is 5.92 Å². The molecule has 1 aliphatic carbocycles. The number of hydrogen-bond donors (Lipinski definition) is 0. The Balaban J connectivity index is 2.12. The van der Waals surface area contributed by atoms with E-state index < -0.39 is 14.5 Å². The highest BCUT2D eigenvalue weighted by atomic mass is 31.2. The molecule has 4 rings (SSSR count). The highest BCUT2D eigenvalue weighted by Crippen LogP contribution is 2.70. The molecule has 1 saturated heterocycles. The van der Waals surface area contributed by atoms with Crippen LogP contribution in [0.15, 0.2) is 24.0 Å². The van der Waals surface area contributed by atoms with Crippen molar-refractivity contribution in [1.82, 2.24) is 0 Å². The van der Waals surface area contributed by atoms with Gasteiger partial charge in [0.1, 0.15) is 7.14 Å². The second kappa shape index (κ2) is 2.77. The van der Waals surface area contributed by atoms with Crippen LogP contribution in [-0.2, 0) is 13.7 Å². The number of hydrogen-bond acceptors (Lipinski definition) is 3. The molecular formula is C10H14O3P2. The maximum absolute atomic E-state index is 12.3. The number of allylic oxidation sites excluding steroid dienone is 2. The molecule has 6 atom stereocenters. The zero-order valence-electron chi connectivity index (χ0n) is 8.74. The van der Waals surface area contributed by atoms with Gasteiger partial charge >= 0.3 is 0 Å². The average molecular weight is 244 g/mol. The molecule has 0 amide bonds. The highest BCUT2D eigenvalue weighted by molar-refractivity contribution is 7.67. The minimum atomic E-state index is -2.53. The molecule has 4 aliphatic rings. The molecular weight excluding hydrogens is 230 g/mol. The minimum absolute atomic E-state index is 0.0366. The van der Waals surface area contributed by atoms with Crippen LogP contribution in [0.5, 0.6) is 0 Å². The molecule has 1 fully saturated rings. The largest absolute Gasteiger partial charge is 0.320 e. The van der Waals surface area contributed by atoms with E-state index in [1.165, 1.54) is 0 Å². The molecule has 5 heteroatoms. The van der Waals surface area contributed by atoms with E-state index in [0.717, 1.165) is 0 Å². The molecule has 0 spiro atoms. The van der Waals surface area contributed by atoms with E-state index in [-0.39, 0.29) is 23.3 Å². The van der Waals surface area contributed by atoms with E-state index >= 15 is 0 Å². The van der Waals surface area contributed by atoms with Crippen LogP contribution in [0.1, 0.15) is 0 Å². The third-order valence-electron chi connectivity index (χ3n) is 3.69. The summed E-state index contributed by atoms with van der Waals surface area (Å²) in [5.74, 6) is 1.99. The predicted octanol–water partition coefficient (Wildman–Crippen LogP) is 2.74. The van der Waals surface area contributed by atoms with Gasteiger partial charge in [-0.2, -0.15) is 0 Å². The van der Waals surface area contributed by atoms with Crippen LogP contribution in [0.25, 0.3) is 0 Å². The van der Waals surface area contributed by atoms with Gasteiger partial charge in [0.05, 0.1) is 17.4 Å². The Kier molecular flexibility index (Phi) is 1.86. The fourth-order valence-corrected chi connectivity index (χ4v) is 7.83. The first-order chi connectivity index (χ1) is 6.92. The monoisotopic (exact) mass is 244 g/mol. The lowest BCUT2D eigenvalue weighted by atomic mass is 9.91. The molecule has 3 aliphatic heterocycles. The SMILES string of the molecule is C[P@]1(=O)C=C[C@@H]2[C@H]1[C@@H]1C=C[C@H]2[P@](C)(=O)O1. The molecule has 3 nitrogen and oxygen atoms in total. The molecule has 82 valence electrons. The van der Waals surface area contributed by atoms with Gasteiger partial charge in [-0.1, -0.05) is 18.2 Å². The lowest BCUT2D eigenvalue weighted by Crippen LogP contribution is -2.44. The first-order valence-electron chi connectivity index (χ1n) is 5.12. The second-order valence-electron chi connectivity index (χ2n) is 4.82. The lowest BCUT2D eigenvalue weighted by molar-refractivity contribution is 0.189. The van der Waals surface area contributed by atoms with Crippen molar-refractivity contribution in [2.45, 2.75) is 17.4 Å². The maximum Gasteiger partial charge on any atom is 0.208 e. The summed E-state index contributed by atoms with van der Waals surface area (Å²) in [4.78, 5) is 0. The summed E-state index contributed by atoms with van der Waals surface area (Å²) >= 11 is 0. The molecule has 3 heterocycles. The van der Waals surface area contributed by atoms with Gasteiger partial charge in [-0.25, -0.2) is 0 Å². The first-order valence-corrected chi connectivity index (χ1v) is 9.55. The molecule has 2 bridgehead atoms. The van der Waals surface area contributed by atoms with Crippen molar-refractivity contribution in [3.05, 3.63) is 24.0 Å². The standard InChI is InChI=1S/C10H14O3P2/c1-14(11)6-5-7-9-4-3-8(10(7)14)13-15(9,2)12/h3-10H,1-2H3/t7-,8-,9+,10-,14-,15+/m0/s1. The summed E-state index contributed by atoms with van der Waals surface area (Å²) in [5, 5.41) is 0. The molecule has 15 heavy (non-hydrogen) atoms. The molecule has 0 aromatic carbocycles. The van der Waals surface area contributed by atoms with Crippen LogP contribution in [0.2, 0.25) is 0 Å². The fraction of sp³-hybridized carbons (Fsp3) is 0.600. The van der Waals surface area contributed by atoms with Crippen LogP contribution in [0.3, 0.4) is 0 Å². The van der Waals surface area contributed by atoms with Gasteiger partial charge in [-0.15, -0.1) is 0 Å². The van der Waals surface area contributed by atoms with Crippen molar-refractivity contribution < 1.29 is 13.7 Å². The van der Waals surface area contributed by atoms with Gasteiger partial charge < -0.3 is 9.09 Å². The molecule has 0 aromatic heterocycles. The third-order valence-corrected chi connectivity index (χ3v) is 8.54. The van der Waals surface area contributed by atoms with Crippen molar-refractivity contribution in [3.63, 3.8) is 0 Å². The second-order valence-corrected chi connectivity index (χ2v) is 10.5. The Morgan fingerprint density at radius 3 is 2.53 bits per heavy atom. The van der Waals surface area contributed by atoms with Gasteiger partial charge in [-0.3, -0.25) is 4.57 Å². The topological polar surface area (TPSA) is 43.4 Å². The summed E-state index contributed by atoms with van der Waals surface area (Å²) in [6.45, 7) is 3.49. The lowest BCUT2D eigenvalue weighted by Gasteiger charge is -2.45. The molecule has 0 aromatic rings. The zero-order chi connectivity index (χ0) is 10.8. The van der Waals surface area contributed by atoms with E-state index in [4.69, 9.17) is 4.52 Å². The van der Waals surface area contributed by atoms with Gasteiger partial charge in [0.2, 0.25) is 7.37 Å². The van der Waals surface area contributed by atoms with Crippen molar-refractivity contribution >= 4 is 14.5 Å².